The highest BCUT2D eigenvalue weighted by molar-refractivity contribution is 5.89. The van der Waals surface area contributed by atoms with Crippen molar-refractivity contribution >= 4 is 5.97 Å². The maximum Gasteiger partial charge on any atom is 0.334 e. The molecule has 2 atom stereocenters. The van der Waals surface area contributed by atoms with E-state index in [4.69, 9.17) is 5.11 Å². The average Bonchev–Trinajstić information content (AvgIpc) is 2.33. The minimum atomic E-state index is -1.08. The zero-order valence-electron chi connectivity index (χ0n) is 9.50. The lowest BCUT2D eigenvalue weighted by Crippen LogP contribution is -2.27. The smallest absolute Gasteiger partial charge is 0.334 e. The number of aliphatic hydroxyl groups is 1. The first-order chi connectivity index (χ1) is 8.03. The molecule has 1 aromatic carbocycles. The molecule has 3 heteroatoms. The fraction of sp³-hybridized carbons (Fsp3) is 0.214. The zero-order chi connectivity index (χ0) is 12.5. The summed E-state index contributed by atoms with van der Waals surface area (Å²) in [7, 11) is 0. The molecule has 0 aliphatic heterocycles. The molecule has 88 valence electrons. The molecule has 0 fully saturated rings. The van der Waals surface area contributed by atoms with E-state index in [2.05, 4.69) is 0 Å². The Bertz CT molecular complexity index is 487. The third-order valence-electron chi connectivity index (χ3n) is 3.04. The average molecular weight is 230 g/mol. The Morgan fingerprint density at radius 2 is 1.94 bits per heavy atom. The number of benzene rings is 1. The molecule has 3 nitrogen and oxygen atoms in total. The lowest BCUT2D eigenvalue weighted by molar-refractivity contribution is -0.133. The number of carbonyl (C=O) groups is 1. The molecular weight excluding hydrogens is 216 g/mol. The first-order valence-corrected chi connectivity index (χ1v) is 5.42. The molecule has 2 unspecified atom stereocenters. The summed E-state index contributed by atoms with van der Waals surface area (Å²) in [5.41, 5.74) is 0.551. The van der Waals surface area contributed by atoms with Crippen molar-refractivity contribution < 1.29 is 15.0 Å². The minimum Gasteiger partial charge on any atom is -0.478 e. The van der Waals surface area contributed by atoms with Gasteiger partial charge in [0.2, 0.25) is 0 Å². The molecule has 0 aromatic heterocycles. The van der Waals surface area contributed by atoms with E-state index in [1.54, 1.807) is 6.08 Å². The van der Waals surface area contributed by atoms with E-state index < -0.39 is 17.5 Å². The number of rotatable bonds is 2. The van der Waals surface area contributed by atoms with Gasteiger partial charge in [-0.05, 0) is 12.5 Å². The van der Waals surface area contributed by atoms with Gasteiger partial charge in [-0.1, -0.05) is 48.6 Å². The van der Waals surface area contributed by atoms with Gasteiger partial charge in [-0.2, -0.15) is 0 Å². The van der Waals surface area contributed by atoms with Gasteiger partial charge in [-0.25, -0.2) is 4.79 Å². The Morgan fingerprint density at radius 1 is 1.29 bits per heavy atom. The van der Waals surface area contributed by atoms with Crippen LogP contribution in [0.5, 0.6) is 0 Å². The Labute approximate surface area is 99.7 Å². The van der Waals surface area contributed by atoms with Crippen LogP contribution >= 0.6 is 0 Å². The van der Waals surface area contributed by atoms with Crippen molar-refractivity contribution in [1.29, 1.82) is 0 Å². The molecule has 17 heavy (non-hydrogen) atoms. The molecule has 0 saturated carbocycles. The largest absolute Gasteiger partial charge is 0.478 e. The summed E-state index contributed by atoms with van der Waals surface area (Å²) in [6, 6.07) is 9.62. The summed E-state index contributed by atoms with van der Waals surface area (Å²) in [6.07, 6.45) is 3.94. The van der Waals surface area contributed by atoms with E-state index in [0.29, 0.717) is 0 Å². The normalized spacial score (nSPS) is 27.6. The third-order valence-corrected chi connectivity index (χ3v) is 3.04. The second-order valence-electron chi connectivity index (χ2n) is 4.36. The maximum absolute atomic E-state index is 11.0. The number of hydrogen-bond donors (Lipinski definition) is 2. The predicted molar refractivity (Wildman–Crippen MR) is 64.7 cm³/mol. The topological polar surface area (TPSA) is 57.5 Å². The second-order valence-corrected chi connectivity index (χ2v) is 4.36. The van der Waals surface area contributed by atoms with E-state index in [1.165, 1.54) is 6.08 Å². The summed E-state index contributed by atoms with van der Waals surface area (Å²) in [4.78, 5) is 11.0. The molecule has 2 rings (SSSR count). The summed E-state index contributed by atoms with van der Waals surface area (Å²) in [6.45, 7) is 1.92. The lowest BCUT2D eigenvalue weighted by Gasteiger charge is -2.28. The summed E-state index contributed by atoms with van der Waals surface area (Å²) in [5.74, 6) is -1.08. The molecule has 1 aliphatic carbocycles. The summed E-state index contributed by atoms with van der Waals surface area (Å²) < 4.78 is 0. The molecule has 0 radical (unpaired) electrons. The number of hydrogen-bond acceptors (Lipinski definition) is 2. The second kappa shape index (κ2) is 4.18. The van der Waals surface area contributed by atoms with Crippen LogP contribution in [0.2, 0.25) is 0 Å². The van der Waals surface area contributed by atoms with Crippen LogP contribution in [0.3, 0.4) is 0 Å². The first-order valence-electron chi connectivity index (χ1n) is 5.42. The molecule has 1 aromatic rings. The molecule has 1 aliphatic rings. The Morgan fingerprint density at radius 3 is 2.53 bits per heavy atom. The van der Waals surface area contributed by atoms with E-state index in [1.807, 2.05) is 43.3 Å². The molecule has 0 bridgehead atoms. The van der Waals surface area contributed by atoms with Gasteiger partial charge in [0.05, 0.1) is 5.57 Å². The van der Waals surface area contributed by atoms with Gasteiger partial charge in [0.15, 0.2) is 0 Å². The fourth-order valence-corrected chi connectivity index (χ4v) is 2.02. The van der Waals surface area contributed by atoms with Crippen LogP contribution in [0, 0.1) is 0 Å². The summed E-state index contributed by atoms with van der Waals surface area (Å²) in [5, 5.41) is 18.6. The molecule has 0 amide bonds. The van der Waals surface area contributed by atoms with Crippen molar-refractivity contribution in [2.45, 2.75) is 18.4 Å². The van der Waals surface area contributed by atoms with Crippen LogP contribution in [-0.2, 0) is 10.2 Å². The van der Waals surface area contributed by atoms with E-state index >= 15 is 0 Å². The number of carboxylic acid groups (broad SMARTS) is 1. The highest BCUT2D eigenvalue weighted by Gasteiger charge is 2.29. The Hall–Kier alpha value is -1.87. The Kier molecular flexibility index (Phi) is 2.86. The van der Waals surface area contributed by atoms with Gasteiger partial charge in [0.25, 0.3) is 0 Å². The number of carboxylic acids is 1. The highest BCUT2D eigenvalue weighted by atomic mass is 16.4. The highest BCUT2D eigenvalue weighted by Crippen LogP contribution is 2.32. The van der Waals surface area contributed by atoms with Crippen molar-refractivity contribution in [2.75, 3.05) is 0 Å². The van der Waals surface area contributed by atoms with E-state index in [0.717, 1.165) is 5.56 Å². The first kappa shape index (κ1) is 11.6. The van der Waals surface area contributed by atoms with Crippen LogP contribution in [-0.4, -0.2) is 22.3 Å². The standard InChI is InChI=1S/C14H14O3/c1-14(10-5-3-2-4-6-10)8-7-12(15)11(9-14)13(16)17/h2-9,12,15H,1H3,(H,16,17). The van der Waals surface area contributed by atoms with Gasteiger partial charge in [0, 0.05) is 5.41 Å². The lowest BCUT2D eigenvalue weighted by atomic mass is 9.77. The minimum absolute atomic E-state index is 0.0267. The van der Waals surface area contributed by atoms with Gasteiger partial charge in [-0.3, -0.25) is 0 Å². The van der Waals surface area contributed by atoms with Crippen LogP contribution in [0.25, 0.3) is 0 Å². The van der Waals surface area contributed by atoms with Crippen molar-refractivity contribution in [2.24, 2.45) is 0 Å². The van der Waals surface area contributed by atoms with Gasteiger partial charge >= 0.3 is 5.97 Å². The van der Waals surface area contributed by atoms with Crippen molar-refractivity contribution in [3.05, 3.63) is 59.7 Å². The molecule has 0 spiro atoms. The quantitative estimate of drug-likeness (QED) is 0.763. The van der Waals surface area contributed by atoms with E-state index in [-0.39, 0.29) is 5.57 Å². The van der Waals surface area contributed by atoms with Crippen molar-refractivity contribution in [3.8, 4) is 0 Å². The van der Waals surface area contributed by atoms with Crippen LogP contribution in [0.15, 0.2) is 54.1 Å². The molecule has 2 N–H and O–H groups in total. The molecule has 0 saturated heterocycles. The van der Waals surface area contributed by atoms with Crippen LogP contribution in [0.1, 0.15) is 12.5 Å². The molecular formula is C14H14O3. The van der Waals surface area contributed by atoms with Crippen LogP contribution in [0.4, 0.5) is 0 Å². The zero-order valence-corrected chi connectivity index (χ0v) is 9.50. The number of aliphatic carboxylic acids is 1. The SMILES string of the molecule is CC1(c2ccccc2)C=CC(O)C(C(=O)O)=C1. The van der Waals surface area contributed by atoms with Gasteiger partial charge < -0.3 is 10.2 Å². The van der Waals surface area contributed by atoms with E-state index in [9.17, 15) is 9.90 Å². The predicted octanol–water partition coefficient (Wildman–Crippen LogP) is 1.89. The Balaban J connectivity index is 2.46. The molecule has 0 heterocycles. The number of aliphatic hydroxyl groups excluding tert-OH is 1. The monoisotopic (exact) mass is 230 g/mol. The summed E-state index contributed by atoms with van der Waals surface area (Å²) >= 11 is 0. The number of allylic oxidation sites excluding steroid dienone is 2. The third kappa shape index (κ3) is 2.15. The van der Waals surface area contributed by atoms with Crippen molar-refractivity contribution in [1.82, 2.24) is 0 Å². The van der Waals surface area contributed by atoms with Gasteiger partial charge in [0.1, 0.15) is 6.10 Å². The fourth-order valence-electron chi connectivity index (χ4n) is 2.02. The van der Waals surface area contributed by atoms with Crippen molar-refractivity contribution in [3.63, 3.8) is 0 Å². The van der Waals surface area contributed by atoms with Gasteiger partial charge in [-0.15, -0.1) is 0 Å². The van der Waals surface area contributed by atoms with Crippen LogP contribution < -0.4 is 0 Å². The maximum atomic E-state index is 11.0.